The largest absolute Gasteiger partial charge is 0.313 e. The van der Waals surface area contributed by atoms with Gasteiger partial charge in [0.2, 0.25) is 0 Å². The van der Waals surface area contributed by atoms with E-state index in [1.54, 1.807) is 4.90 Å². The van der Waals surface area contributed by atoms with E-state index < -0.39 is 0 Å². The van der Waals surface area contributed by atoms with Gasteiger partial charge in [-0.25, -0.2) is 0 Å². The summed E-state index contributed by atoms with van der Waals surface area (Å²) in [5, 5.41) is 0. The molecule has 1 aromatic rings. The van der Waals surface area contributed by atoms with E-state index in [0.29, 0.717) is 0 Å². The summed E-state index contributed by atoms with van der Waals surface area (Å²) >= 11 is 0. The van der Waals surface area contributed by atoms with Crippen molar-refractivity contribution in [3.63, 3.8) is 0 Å². The van der Waals surface area contributed by atoms with E-state index in [9.17, 15) is 4.79 Å². The fourth-order valence-electron chi connectivity index (χ4n) is 2.80. The average molecular weight is 228 g/mol. The van der Waals surface area contributed by atoms with Gasteiger partial charge in [0, 0.05) is 18.3 Å². The first kappa shape index (κ1) is 10.5. The van der Waals surface area contributed by atoms with Gasteiger partial charge in [-0.1, -0.05) is 12.1 Å². The zero-order valence-corrected chi connectivity index (χ0v) is 10.2. The lowest BCUT2D eigenvalue weighted by molar-refractivity contribution is -0.119. The quantitative estimate of drug-likeness (QED) is 0.670. The van der Waals surface area contributed by atoms with E-state index in [2.05, 4.69) is 11.1 Å². The van der Waals surface area contributed by atoms with Gasteiger partial charge in [0.15, 0.2) is 0 Å². The summed E-state index contributed by atoms with van der Waals surface area (Å²) < 4.78 is 0. The van der Waals surface area contributed by atoms with Crippen LogP contribution in [-0.2, 0) is 11.2 Å². The molecule has 88 valence electrons. The molecule has 0 bridgehead atoms. The number of nitrogens with zero attached hydrogens (tertiary/aromatic N) is 2. The van der Waals surface area contributed by atoms with Gasteiger partial charge in [0.05, 0.1) is 5.69 Å². The molecular weight excluding hydrogens is 212 g/mol. The summed E-state index contributed by atoms with van der Waals surface area (Å²) in [5.74, 6) is 0.0836. The molecule has 0 N–H and O–H groups in total. The van der Waals surface area contributed by atoms with Crippen molar-refractivity contribution in [1.82, 2.24) is 0 Å². The zero-order valence-electron chi connectivity index (χ0n) is 10.2. The number of carbonyl (C=O) groups is 1. The molecule has 0 saturated heterocycles. The number of amides is 1. The lowest BCUT2D eigenvalue weighted by Gasteiger charge is -2.23. The number of hydrogen-bond donors (Lipinski definition) is 0. The zero-order chi connectivity index (χ0) is 12.0. The first-order valence-electron chi connectivity index (χ1n) is 6.15. The monoisotopic (exact) mass is 228 g/mol. The summed E-state index contributed by atoms with van der Waals surface area (Å²) in [4.78, 5) is 18.5. The maximum atomic E-state index is 12.1. The minimum Gasteiger partial charge on any atom is -0.313 e. The molecule has 1 heterocycles. The van der Waals surface area contributed by atoms with Crippen molar-refractivity contribution in [2.24, 2.45) is 4.99 Å². The lowest BCUT2D eigenvalue weighted by Crippen LogP contribution is -2.33. The highest BCUT2D eigenvalue weighted by molar-refractivity contribution is 6.13. The third kappa shape index (κ3) is 1.49. The molecule has 0 radical (unpaired) electrons. The van der Waals surface area contributed by atoms with Crippen molar-refractivity contribution in [1.29, 1.82) is 0 Å². The summed E-state index contributed by atoms with van der Waals surface area (Å²) in [6.07, 6.45) is 3.23. The summed E-state index contributed by atoms with van der Waals surface area (Å²) in [5.41, 5.74) is 4.68. The van der Waals surface area contributed by atoms with Crippen molar-refractivity contribution in [2.45, 2.75) is 32.2 Å². The van der Waals surface area contributed by atoms with E-state index in [4.69, 9.17) is 0 Å². The second kappa shape index (κ2) is 3.69. The maximum absolute atomic E-state index is 12.1. The molecule has 1 amide bonds. The second-order valence-corrected chi connectivity index (χ2v) is 4.81. The van der Waals surface area contributed by atoms with Gasteiger partial charge in [-0.2, -0.15) is 0 Å². The molecule has 1 aliphatic carbocycles. The van der Waals surface area contributed by atoms with E-state index in [0.717, 1.165) is 30.7 Å². The molecule has 2 aliphatic rings. The Morgan fingerprint density at radius 2 is 2.18 bits per heavy atom. The van der Waals surface area contributed by atoms with Crippen LogP contribution in [0.4, 0.5) is 5.69 Å². The third-order valence-electron chi connectivity index (χ3n) is 3.68. The molecule has 1 atom stereocenters. The van der Waals surface area contributed by atoms with Crippen LogP contribution in [0.25, 0.3) is 0 Å². The Balaban J connectivity index is 2.28. The van der Waals surface area contributed by atoms with Gasteiger partial charge in [-0.05, 0) is 37.8 Å². The summed E-state index contributed by atoms with van der Waals surface area (Å²) in [6, 6.07) is 5.96. The van der Waals surface area contributed by atoms with Crippen LogP contribution in [0.1, 0.15) is 30.9 Å². The normalized spacial score (nSPS) is 22.9. The van der Waals surface area contributed by atoms with Crippen LogP contribution in [0.3, 0.4) is 0 Å². The number of anilines is 1. The van der Waals surface area contributed by atoms with Crippen LogP contribution >= 0.6 is 0 Å². The topological polar surface area (TPSA) is 32.7 Å². The van der Waals surface area contributed by atoms with E-state index >= 15 is 0 Å². The first-order valence-corrected chi connectivity index (χ1v) is 6.15. The summed E-state index contributed by atoms with van der Waals surface area (Å²) in [7, 11) is 1.85. The van der Waals surface area contributed by atoms with Gasteiger partial charge >= 0.3 is 0 Å². The fourth-order valence-corrected chi connectivity index (χ4v) is 2.80. The molecule has 3 rings (SSSR count). The predicted octanol–water partition coefficient (Wildman–Crippen LogP) is 2.18. The minimum atomic E-state index is -0.256. The predicted molar refractivity (Wildman–Crippen MR) is 68.8 cm³/mol. The number of aryl methyl sites for hydroxylation is 1. The van der Waals surface area contributed by atoms with Crippen LogP contribution in [-0.4, -0.2) is 24.7 Å². The van der Waals surface area contributed by atoms with E-state index in [1.807, 2.05) is 26.1 Å². The van der Waals surface area contributed by atoms with Gasteiger partial charge in [0.25, 0.3) is 5.91 Å². The Morgan fingerprint density at radius 3 is 3.00 bits per heavy atom. The van der Waals surface area contributed by atoms with Gasteiger partial charge in [-0.15, -0.1) is 0 Å². The van der Waals surface area contributed by atoms with Gasteiger partial charge < -0.3 is 4.90 Å². The van der Waals surface area contributed by atoms with Crippen molar-refractivity contribution in [3.05, 3.63) is 29.3 Å². The molecule has 3 nitrogen and oxygen atoms in total. The lowest BCUT2D eigenvalue weighted by atomic mass is 9.88. The molecule has 1 unspecified atom stereocenters. The Morgan fingerprint density at radius 1 is 1.35 bits per heavy atom. The van der Waals surface area contributed by atoms with Crippen LogP contribution in [0.2, 0.25) is 0 Å². The average Bonchev–Trinajstić information content (AvgIpc) is 2.44. The highest BCUT2D eigenvalue weighted by Crippen LogP contribution is 2.33. The minimum absolute atomic E-state index is 0.0836. The molecule has 1 aliphatic heterocycles. The van der Waals surface area contributed by atoms with Gasteiger partial charge in [-0.3, -0.25) is 9.79 Å². The molecule has 1 aromatic carbocycles. The van der Waals surface area contributed by atoms with Crippen LogP contribution < -0.4 is 4.90 Å². The highest BCUT2D eigenvalue weighted by Gasteiger charge is 2.29. The van der Waals surface area contributed by atoms with Crippen molar-refractivity contribution >= 4 is 17.3 Å². The number of benzene rings is 1. The molecule has 0 spiro atoms. The summed E-state index contributed by atoms with van der Waals surface area (Å²) in [6.45, 7) is 1.88. The number of likely N-dealkylation sites (N-methyl/N-ethyl adjacent to an activating group) is 1. The van der Waals surface area contributed by atoms with Crippen molar-refractivity contribution in [2.75, 3.05) is 11.9 Å². The first-order chi connectivity index (χ1) is 8.18. The molecule has 0 fully saturated rings. The van der Waals surface area contributed by atoms with E-state index in [-0.39, 0.29) is 11.9 Å². The van der Waals surface area contributed by atoms with E-state index in [1.165, 1.54) is 11.1 Å². The van der Waals surface area contributed by atoms with Gasteiger partial charge in [0.1, 0.15) is 6.04 Å². The number of aliphatic imine (C=N–C) groups is 1. The smallest absolute Gasteiger partial charge is 0.251 e. The molecule has 0 saturated carbocycles. The molecular formula is C14H16N2O. The molecule has 17 heavy (non-hydrogen) atoms. The fraction of sp³-hybridized carbons (Fsp3) is 0.429. The molecule has 3 heteroatoms. The van der Waals surface area contributed by atoms with Crippen LogP contribution in [0.5, 0.6) is 0 Å². The third-order valence-corrected chi connectivity index (χ3v) is 3.68. The standard InChI is InChI=1S/C14H16N2O/c1-9-14(17)16(2)12-8-4-6-10-5-3-7-11(15-9)13(10)12/h4,6,8-9H,3,5,7H2,1-2H3. The SMILES string of the molecule is CC1N=C2CCCc3cccc(c32)N(C)C1=O. The second-order valence-electron chi connectivity index (χ2n) is 4.81. The number of rotatable bonds is 0. The Kier molecular flexibility index (Phi) is 2.28. The Bertz CT molecular complexity index is 519. The Hall–Kier alpha value is -1.64. The number of carbonyl (C=O) groups excluding carboxylic acids is 1. The highest BCUT2D eigenvalue weighted by atomic mass is 16.2. The van der Waals surface area contributed by atoms with Crippen molar-refractivity contribution < 1.29 is 4.79 Å². The Labute approximate surface area is 101 Å². The van der Waals surface area contributed by atoms with Crippen LogP contribution in [0.15, 0.2) is 23.2 Å². The molecule has 0 aromatic heterocycles. The van der Waals surface area contributed by atoms with Crippen molar-refractivity contribution in [3.8, 4) is 0 Å². The van der Waals surface area contributed by atoms with Crippen LogP contribution in [0, 0.1) is 0 Å². The maximum Gasteiger partial charge on any atom is 0.251 e. The number of hydrogen-bond acceptors (Lipinski definition) is 2.